The standard InChI is InChI=1S/C23H28N2S2/c1-9-13-14-15-22(12-4)23(21(8)27-18(5)11-3)25-17-24-19(6)20(7)26-16-10-2/h9-17H,3,5-8H2,1-2,4H3/b13-9-,15-14-,16-10-,22-12+,24-17-,25-23+. The summed E-state index contributed by atoms with van der Waals surface area (Å²) in [6.07, 6.45) is 14.9. The third-order valence-corrected chi connectivity index (χ3v) is 4.78. The molecule has 4 heteroatoms. The molecule has 0 aliphatic carbocycles. The molecule has 0 saturated heterocycles. The molecule has 0 rings (SSSR count). The van der Waals surface area contributed by atoms with E-state index < -0.39 is 0 Å². The van der Waals surface area contributed by atoms with Crippen molar-refractivity contribution in [2.75, 3.05) is 0 Å². The summed E-state index contributed by atoms with van der Waals surface area (Å²) in [4.78, 5) is 11.1. The van der Waals surface area contributed by atoms with Crippen LogP contribution < -0.4 is 0 Å². The highest BCUT2D eigenvalue weighted by Crippen LogP contribution is 2.27. The molecule has 27 heavy (non-hydrogen) atoms. The first-order valence-corrected chi connectivity index (χ1v) is 10.0. The van der Waals surface area contributed by atoms with Gasteiger partial charge in [0.05, 0.1) is 11.4 Å². The normalized spacial score (nSPS) is 13.1. The Bertz CT molecular complexity index is 757. The first-order chi connectivity index (χ1) is 12.9. The topological polar surface area (TPSA) is 24.7 Å². The van der Waals surface area contributed by atoms with E-state index in [1.54, 1.807) is 6.08 Å². The van der Waals surface area contributed by atoms with E-state index in [1.807, 2.05) is 62.6 Å². The molecule has 0 atom stereocenters. The smallest absolute Gasteiger partial charge is 0.116 e. The van der Waals surface area contributed by atoms with Gasteiger partial charge in [-0.25, -0.2) is 9.98 Å². The Labute approximate surface area is 173 Å². The Morgan fingerprint density at radius 3 is 2.19 bits per heavy atom. The van der Waals surface area contributed by atoms with Crippen LogP contribution in [0.5, 0.6) is 0 Å². The van der Waals surface area contributed by atoms with Crippen molar-refractivity contribution < 1.29 is 0 Å². The van der Waals surface area contributed by atoms with Crippen LogP contribution in [0.4, 0.5) is 0 Å². The Kier molecular flexibility index (Phi) is 13.6. The van der Waals surface area contributed by atoms with Gasteiger partial charge >= 0.3 is 0 Å². The lowest BCUT2D eigenvalue weighted by Gasteiger charge is -2.09. The lowest BCUT2D eigenvalue weighted by atomic mass is 10.1. The largest absolute Gasteiger partial charge is 0.236 e. The number of thioether (sulfide) groups is 2. The number of hydrogen-bond acceptors (Lipinski definition) is 3. The highest BCUT2D eigenvalue weighted by molar-refractivity contribution is 8.07. The quantitative estimate of drug-likeness (QED) is 0.191. The first kappa shape index (κ1) is 24.7. The van der Waals surface area contributed by atoms with Crippen LogP contribution in [-0.2, 0) is 0 Å². The van der Waals surface area contributed by atoms with Crippen molar-refractivity contribution in [2.24, 2.45) is 9.98 Å². The van der Waals surface area contributed by atoms with Crippen LogP contribution in [0.15, 0.2) is 117 Å². The fraction of sp³-hybridized carbons (Fsp3) is 0.130. The van der Waals surface area contributed by atoms with Gasteiger partial charge in [0, 0.05) is 14.7 Å². The van der Waals surface area contributed by atoms with E-state index in [-0.39, 0.29) is 0 Å². The minimum absolute atomic E-state index is 0.571. The zero-order valence-electron chi connectivity index (χ0n) is 16.4. The van der Waals surface area contributed by atoms with Crippen molar-refractivity contribution in [2.45, 2.75) is 20.8 Å². The molecule has 0 fully saturated rings. The minimum atomic E-state index is 0.571. The van der Waals surface area contributed by atoms with Gasteiger partial charge in [-0.1, -0.05) is 99.0 Å². The van der Waals surface area contributed by atoms with Crippen molar-refractivity contribution in [3.63, 3.8) is 0 Å². The summed E-state index contributed by atoms with van der Waals surface area (Å²) in [5, 5.41) is 1.93. The Balaban J connectivity index is 5.65. The van der Waals surface area contributed by atoms with Crippen molar-refractivity contribution in [3.05, 3.63) is 107 Å². The number of rotatable bonds is 12. The number of hydrogen-bond donors (Lipinski definition) is 0. The number of aliphatic imine (C=N–C) groups is 2. The molecule has 0 aliphatic rings. The van der Waals surface area contributed by atoms with Crippen molar-refractivity contribution in [3.8, 4) is 0 Å². The maximum atomic E-state index is 4.52. The predicted octanol–water partition coefficient (Wildman–Crippen LogP) is 7.78. The predicted molar refractivity (Wildman–Crippen MR) is 130 cm³/mol. The summed E-state index contributed by atoms with van der Waals surface area (Å²) in [6.45, 7) is 25.5. The number of allylic oxidation sites excluding steroid dienone is 9. The van der Waals surface area contributed by atoms with Gasteiger partial charge in [0.2, 0.25) is 0 Å². The molecular formula is C23H28N2S2. The van der Waals surface area contributed by atoms with Crippen molar-refractivity contribution in [1.29, 1.82) is 0 Å². The van der Waals surface area contributed by atoms with Gasteiger partial charge in [0.1, 0.15) is 6.34 Å². The van der Waals surface area contributed by atoms with Crippen LogP contribution in [0.3, 0.4) is 0 Å². The van der Waals surface area contributed by atoms with Crippen LogP contribution in [0.2, 0.25) is 0 Å². The molecular weight excluding hydrogens is 368 g/mol. The fourth-order valence-corrected chi connectivity index (χ4v) is 2.74. The summed E-state index contributed by atoms with van der Waals surface area (Å²) in [5.41, 5.74) is 2.22. The van der Waals surface area contributed by atoms with E-state index in [9.17, 15) is 0 Å². The average molecular weight is 397 g/mol. The van der Waals surface area contributed by atoms with E-state index in [1.165, 1.54) is 29.9 Å². The molecule has 0 radical (unpaired) electrons. The zero-order chi connectivity index (χ0) is 20.7. The summed E-state index contributed by atoms with van der Waals surface area (Å²) in [7, 11) is 0. The van der Waals surface area contributed by atoms with Crippen LogP contribution in [0.1, 0.15) is 20.8 Å². The second-order valence-corrected chi connectivity index (χ2v) is 7.23. The molecule has 0 N–H and O–H groups in total. The molecule has 0 aromatic carbocycles. The molecule has 0 aromatic rings. The van der Waals surface area contributed by atoms with Gasteiger partial charge in [-0.15, -0.1) is 0 Å². The SMILES string of the molecule is C=CC(=C)SC(=C)C(=N\C=N/C(=C)C(=C)S/C=C\C)/C(/C=C\C=C/C)=C/C. The van der Waals surface area contributed by atoms with E-state index in [0.29, 0.717) is 5.70 Å². The maximum absolute atomic E-state index is 4.52. The van der Waals surface area contributed by atoms with Crippen LogP contribution in [0, 0.1) is 0 Å². The second kappa shape index (κ2) is 14.8. The lowest BCUT2D eigenvalue weighted by Crippen LogP contribution is -2.03. The third-order valence-electron chi connectivity index (χ3n) is 2.98. The molecule has 2 nitrogen and oxygen atoms in total. The molecule has 0 bridgehead atoms. The Morgan fingerprint density at radius 2 is 1.63 bits per heavy atom. The lowest BCUT2D eigenvalue weighted by molar-refractivity contribution is 1.42. The van der Waals surface area contributed by atoms with Crippen LogP contribution >= 0.6 is 23.5 Å². The molecule has 142 valence electrons. The summed E-state index contributed by atoms with van der Waals surface area (Å²) in [6, 6.07) is 0. The number of nitrogens with zero attached hydrogens (tertiary/aromatic N) is 2. The molecule has 0 heterocycles. The first-order valence-electron chi connectivity index (χ1n) is 8.32. The van der Waals surface area contributed by atoms with Gasteiger partial charge < -0.3 is 0 Å². The van der Waals surface area contributed by atoms with Gasteiger partial charge in [0.25, 0.3) is 0 Å². The molecule has 0 unspecified atom stereocenters. The van der Waals surface area contributed by atoms with Gasteiger partial charge in [-0.2, -0.15) is 0 Å². The van der Waals surface area contributed by atoms with Crippen molar-refractivity contribution in [1.82, 2.24) is 0 Å². The molecule has 0 amide bonds. The van der Waals surface area contributed by atoms with E-state index in [2.05, 4.69) is 42.9 Å². The van der Waals surface area contributed by atoms with Gasteiger partial charge in [-0.3, -0.25) is 0 Å². The Hall–Kier alpha value is -2.30. The fourth-order valence-electron chi connectivity index (χ4n) is 1.58. The van der Waals surface area contributed by atoms with Crippen LogP contribution in [0.25, 0.3) is 0 Å². The molecule has 0 aliphatic heterocycles. The van der Waals surface area contributed by atoms with E-state index in [4.69, 9.17) is 0 Å². The molecule has 0 spiro atoms. The average Bonchev–Trinajstić information content (AvgIpc) is 2.66. The van der Waals surface area contributed by atoms with Gasteiger partial charge in [0.15, 0.2) is 0 Å². The van der Waals surface area contributed by atoms with Gasteiger partial charge in [-0.05, 0) is 31.8 Å². The third kappa shape index (κ3) is 10.4. The summed E-state index contributed by atoms with van der Waals surface area (Å²) >= 11 is 2.90. The minimum Gasteiger partial charge on any atom is -0.236 e. The van der Waals surface area contributed by atoms with E-state index >= 15 is 0 Å². The second-order valence-electron chi connectivity index (χ2n) is 5.00. The van der Waals surface area contributed by atoms with Crippen molar-refractivity contribution >= 4 is 35.6 Å². The van der Waals surface area contributed by atoms with E-state index in [0.717, 1.165) is 26.0 Å². The van der Waals surface area contributed by atoms with Crippen LogP contribution in [-0.4, -0.2) is 12.1 Å². The molecule has 0 aromatic heterocycles. The maximum Gasteiger partial charge on any atom is 0.116 e. The highest BCUT2D eigenvalue weighted by atomic mass is 32.2. The summed E-state index contributed by atoms with van der Waals surface area (Å²) in [5.74, 6) is 0. The highest BCUT2D eigenvalue weighted by Gasteiger charge is 2.09. The Morgan fingerprint density at radius 1 is 0.926 bits per heavy atom. The zero-order valence-corrected chi connectivity index (χ0v) is 18.1. The monoisotopic (exact) mass is 396 g/mol. The summed E-state index contributed by atoms with van der Waals surface area (Å²) < 4.78 is 0. The molecule has 0 saturated carbocycles.